The van der Waals surface area contributed by atoms with E-state index in [4.69, 9.17) is 4.98 Å². The van der Waals surface area contributed by atoms with Crippen molar-refractivity contribution in [3.8, 4) is 0 Å². The van der Waals surface area contributed by atoms with Crippen molar-refractivity contribution < 1.29 is 4.79 Å². The molecule has 1 N–H and O–H groups in total. The number of hydrogen-bond donors (Lipinski definition) is 1. The predicted molar refractivity (Wildman–Crippen MR) is 99.6 cm³/mol. The molecular formula is C20H24N4O. The largest absolute Gasteiger partial charge is 0.352 e. The van der Waals surface area contributed by atoms with Crippen LogP contribution in [0.5, 0.6) is 0 Å². The van der Waals surface area contributed by atoms with Crippen molar-refractivity contribution in [2.24, 2.45) is 5.92 Å². The van der Waals surface area contributed by atoms with Crippen LogP contribution in [0.2, 0.25) is 0 Å². The molecule has 0 radical (unpaired) electrons. The van der Waals surface area contributed by atoms with Gasteiger partial charge in [-0.25, -0.2) is 9.97 Å². The number of fused-ring (bicyclic) bond motifs is 1. The zero-order valence-corrected chi connectivity index (χ0v) is 15.0. The second kappa shape index (κ2) is 7.47. The van der Waals surface area contributed by atoms with Crippen molar-refractivity contribution in [3.63, 3.8) is 0 Å². The third-order valence-electron chi connectivity index (χ3n) is 4.08. The van der Waals surface area contributed by atoms with Gasteiger partial charge >= 0.3 is 0 Å². The van der Waals surface area contributed by atoms with E-state index in [1.54, 1.807) is 6.20 Å². The normalized spacial score (nSPS) is 11.2. The molecule has 1 amide bonds. The molecule has 130 valence electrons. The number of imidazole rings is 1. The van der Waals surface area contributed by atoms with E-state index in [1.807, 2.05) is 43.3 Å². The minimum Gasteiger partial charge on any atom is -0.352 e. The first-order chi connectivity index (χ1) is 12.0. The molecule has 0 aliphatic carbocycles. The fraction of sp³-hybridized carbons (Fsp3) is 0.350. The number of hydrogen-bond acceptors (Lipinski definition) is 3. The first-order valence-corrected chi connectivity index (χ1v) is 8.69. The fourth-order valence-electron chi connectivity index (χ4n) is 2.85. The second-order valence-electron chi connectivity index (χ2n) is 6.75. The lowest BCUT2D eigenvalue weighted by molar-refractivity contribution is 0.0954. The van der Waals surface area contributed by atoms with Gasteiger partial charge in [0.1, 0.15) is 11.3 Å². The van der Waals surface area contributed by atoms with Crippen molar-refractivity contribution in [2.45, 2.75) is 33.7 Å². The summed E-state index contributed by atoms with van der Waals surface area (Å²) in [7, 11) is 0. The van der Waals surface area contributed by atoms with E-state index in [-0.39, 0.29) is 5.91 Å². The summed E-state index contributed by atoms with van der Waals surface area (Å²) >= 11 is 0. The quantitative estimate of drug-likeness (QED) is 0.751. The SMILES string of the molecule is Cc1ccc(C(=O)NCCc2nc3cccnc3n2CC(C)C)cc1. The van der Waals surface area contributed by atoms with Gasteiger partial charge in [0.2, 0.25) is 0 Å². The molecule has 0 atom stereocenters. The lowest BCUT2D eigenvalue weighted by Gasteiger charge is -2.11. The molecule has 2 aromatic heterocycles. The Morgan fingerprint density at radius 3 is 2.68 bits per heavy atom. The molecule has 0 unspecified atom stereocenters. The molecule has 0 aliphatic rings. The van der Waals surface area contributed by atoms with Gasteiger partial charge in [-0.05, 0) is 37.1 Å². The maximum absolute atomic E-state index is 12.2. The lowest BCUT2D eigenvalue weighted by atomic mass is 10.1. The zero-order valence-electron chi connectivity index (χ0n) is 15.0. The van der Waals surface area contributed by atoms with Crippen LogP contribution in [0.3, 0.4) is 0 Å². The Morgan fingerprint density at radius 2 is 1.96 bits per heavy atom. The van der Waals surface area contributed by atoms with Crippen LogP contribution in [0.25, 0.3) is 11.2 Å². The molecule has 5 nitrogen and oxygen atoms in total. The average Bonchev–Trinajstić information content (AvgIpc) is 2.93. The maximum Gasteiger partial charge on any atom is 0.251 e. The monoisotopic (exact) mass is 336 g/mol. The van der Waals surface area contributed by atoms with Gasteiger partial charge in [0.25, 0.3) is 5.91 Å². The van der Waals surface area contributed by atoms with E-state index in [0.29, 0.717) is 24.4 Å². The summed E-state index contributed by atoms with van der Waals surface area (Å²) in [6.07, 6.45) is 2.48. The maximum atomic E-state index is 12.2. The van der Waals surface area contributed by atoms with Gasteiger partial charge in [0, 0.05) is 31.3 Å². The summed E-state index contributed by atoms with van der Waals surface area (Å²) in [5.41, 5.74) is 3.65. The summed E-state index contributed by atoms with van der Waals surface area (Å²) < 4.78 is 2.16. The van der Waals surface area contributed by atoms with Crippen molar-refractivity contribution in [1.82, 2.24) is 19.9 Å². The Labute approximate surface area is 148 Å². The fourth-order valence-corrected chi connectivity index (χ4v) is 2.85. The molecule has 0 saturated heterocycles. The van der Waals surface area contributed by atoms with Crippen molar-refractivity contribution in [1.29, 1.82) is 0 Å². The Hall–Kier alpha value is -2.69. The van der Waals surface area contributed by atoms with Crippen LogP contribution in [-0.2, 0) is 13.0 Å². The summed E-state index contributed by atoms with van der Waals surface area (Å²) in [5, 5.41) is 2.98. The molecule has 25 heavy (non-hydrogen) atoms. The number of nitrogens with one attached hydrogen (secondary N) is 1. The number of pyridine rings is 1. The molecule has 3 rings (SSSR count). The Morgan fingerprint density at radius 1 is 1.20 bits per heavy atom. The van der Waals surface area contributed by atoms with Crippen molar-refractivity contribution in [3.05, 3.63) is 59.5 Å². The van der Waals surface area contributed by atoms with E-state index >= 15 is 0 Å². The number of aromatic nitrogens is 3. The van der Waals surface area contributed by atoms with Gasteiger partial charge < -0.3 is 9.88 Å². The minimum absolute atomic E-state index is 0.0513. The second-order valence-corrected chi connectivity index (χ2v) is 6.75. The van der Waals surface area contributed by atoms with Crippen LogP contribution in [0.4, 0.5) is 0 Å². The van der Waals surface area contributed by atoms with Gasteiger partial charge in [-0.1, -0.05) is 31.5 Å². The molecular weight excluding hydrogens is 312 g/mol. The molecule has 3 aromatic rings. The number of benzene rings is 1. The topological polar surface area (TPSA) is 59.8 Å². The van der Waals surface area contributed by atoms with E-state index in [9.17, 15) is 4.79 Å². The van der Waals surface area contributed by atoms with Gasteiger partial charge in [-0.15, -0.1) is 0 Å². The molecule has 0 fully saturated rings. The Balaban J connectivity index is 1.70. The van der Waals surface area contributed by atoms with Gasteiger partial charge in [0.05, 0.1) is 0 Å². The van der Waals surface area contributed by atoms with Crippen LogP contribution >= 0.6 is 0 Å². The smallest absolute Gasteiger partial charge is 0.251 e. The molecule has 0 bridgehead atoms. The van der Waals surface area contributed by atoms with Crippen LogP contribution in [0.1, 0.15) is 35.6 Å². The van der Waals surface area contributed by atoms with E-state index in [2.05, 4.69) is 28.7 Å². The highest BCUT2D eigenvalue weighted by Gasteiger charge is 2.13. The van der Waals surface area contributed by atoms with Gasteiger partial charge in [0.15, 0.2) is 5.65 Å². The first-order valence-electron chi connectivity index (χ1n) is 8.69. The number of aryl methyl sites for hydroxylation is 1. The number of amides is 1. The number of carbonyl (C=O) groups is 1. The average molecular weight is 336 g/mol. The molecule has 0 spiro atoms. The Bertz CT molecular complexity index is 865. The van der Waals surface area contributed by atoms with E-state index in [0.717, 1.165) is 29.1 Å². The highest BCUT2D eigenvalue weighted by molar-refractivity contribution is 5.94. The van der Waals surface area contributed by atoms with Crippen molar-refractivity contribution >= 4 is 17.1 Å². The highest BCUT2D eigenvalue weighted by atomic mass is 16.1. The van der Waals surface area contributed by atoms with E-state index in [1.165, 1.54) is 0 Å². The van der Waals surface area contributed by atoms with Crippen LogP contribution in [0, 0.1) is 12.8 Å². The molecule has 0 saturated carbocycles. The summed E-state index contributed by atoms with van der Waals surface area (Å²) in [5.74, 6) is 1.41. The summed E-state index contributed by atoms with van der Waals surface area (Å²) in [6, 6.07) is 11.5. The Kier molecular flexibility index (Phi) is 5.12. The third kappa shape index (κ3) is 4.05. The molecule has 2 heterocycles. The third-order valence-corrected chi connectivity index (χ3v) is 4.08. The first kappa shape index (κ1) is 17.1. The number of rotatable bonds is 6. The van der Waals surface area contributed by atoms with Gasteiger partial charge in [-0.3, -0.25) is 4.79 Å². The predicted octanol–water partition coefficient (Wildman–Crippen LogP) is 3.37. The van der Waals surface area contributed by atoms with Crippen molar-refractivity contribution in [2.75, 3.05) is 6.54 Å². The molecule has 5 heteroatoms. The zero-order chi connectivity index (χ0) is 17.8. The van der Waals surface area contributed by atoms with E-state index < -0.39 is 0 Å². The highest BCUT2D eigenvalue weighted by Crippen LogP contribution is 2.16. The van der Waals surface area contributed by atoms with Crippen LogP contribution in [-0.4, -0.2) is 27.0 Å². The lowest BCUT2D eigenvalue weighted by Crippen LogP contribution is -2.26. The van der Waals surface area contributed by atoms with Gasteiger partial charge in [-0.2, -0.15) is 0 Å². The molecule has 1 aromatic carbocycles. The number of carbonyl (C=O) groups excluding carboxylic acids is 1. The standard InChI is InChI=1S/C20H24N4O/c1-14(2)13-24-18(23-17-5-4-11-21-19(17)24)10-12-22-20(25)16-8-6-15(3)7-9-16/h4-9,11,14H,10,12-13H2,1-3H3,(H,22,25). The van der Waals surface area contributed by atoms with Crippen LogP contribution < -0.4 is 5.32 Å². The minimum atomic E-state index is -0.0513. The summed E-state index contributed by atoms with van der Waals surface area (Å²) in [4.78, 5) is 21.4. The van der Waals surface area contributed by atoms with Crippen LogP contribution in [0.15, 0.2) is 42.6 Å². The molecule has 0 aliphatic heterocycles. The summed E-state index contributed by atoms with van der Waals surface area (Å²) in [6.45, 7) is 7.78. The number of nitrogens with zero attached hydrogens (tertiary/aromatic N) is 3.